The Hall–Kier alpha value is -1.51. The highest BCUT2D eigenvalue weighted by atomic mass is 35.5. The molecule has 0 heterocycles. The van der Waals surface area contributed by atoms with Gasteiger partial charge in [-0.2, -0.15) is 0 Å². The molecular formula is C16H18ClNO. The summed E-state index contributed by atoms with van der Waals surface area (Å²) in [6, 6.07) is 16.5. The molecule has 0 bridgehead atoms. The van der Waals surface area contributed by atoms with Crippen LogP contribution in [0.15, 0.2) is 48.5 Å². The first kappa shape index (κ1) is 13.9. The van der Waals surface area contributed by atoms with E-state index in [0.29, 0.717) is 6.54 Å². The van der Waals surface area contributed by atoms with Gasteiger partial charge in [-0.15, -0.1) is 11.6 Å². The third-order valence-electron chi connectivity index (χ3n) is 2.96. The maximum Gasteiger partial charge on any atom is 0.0847 e. The van der Waals surface area contributed by atoms with Crippen molar-refractivity contribution in [1.29, 1.82) is 0 Å². The number of alkyl halides is 1. The fourth-order valence-corrected chi connectivity index (χ4v) is 2.09. The molecule has 3 heteroatoms. The van der Waals surface area contributed by atoms with Crippen LogP contribution in [0, 0.1) is 6.92 Å². The van der Waals surface area contributed by atoms with Crippen molar-refractivity contribution in [3.8, 4) is 11.1 Å². The summed E-state index contributed by atoms with van der Waals surface area (Å²) in [5.74, 6) is 0.236. The van der Waals surface area contributed by atoms with Gasteiger partial charge in [0.05, 0.1) is 12.0 Å². The van der Waals surface area contributed by atoms with Crippen LogP contribution in [0.4, 0.5) is 5.69 Å². The van der Waals surface area contributed by atoms with Crippen LogP contribution >= 0.6 is 11.6 Å². The van der Waals surface area contributed by atoms with E-state index in [-0.39, 0.29) is 5.88 Å². The first-order valence-corrected chi connectivity index (χ1v) is 6.88. The average molecular weight is 276 g/mol. The molecular weight excluding hydrogens is 258 g/mol. The average Bonchev–Trinajstić information content (AvgIpc) is 2.45. The van der Waals surface area contributed by atoms with Gasteiger partial charge in [-0.05, 0) is 18.6 Å². The molecule has 0 radical (unpaired) electrons. The summed E-state index contributed by atoms with van der Waals surface area (Å²) >= 11 is 5.61. The van der Waals surface area contributed by atoms with Crippen LogP contribution in [0.2, 0.25) is 0 Å². The summed E-state index contributed by atoms with van der Waals surface area (Å²) in [5.41, 5.74) is 4.54. The highest BCUT2D eigenvalue weighted by Crippen LogP contribution is 2.28. The number of halogens is 1. The van der Waals surface area contributed by atoms with Gasteiger partial charge in [-0.1, -0.05) is 48.0 Å². The van der Waals surface area contributed by atoms with Crippen LogP contribution in [0.3, 0.4) is 0 Å². The molecule has 2 aromatic carbocycles. The Morgan fingerprint density at radius 2 is 1.95 bits per heavy atom. The minimum absolute atomic E-state index is 0.236. The van der Waals surface area contributed by atoms with Crippen LogP contribution in [0.1, 0.15) is 5.56 Å². The van der Waals surface area contributed by atoms with Gasteiger partial charge in [0, 0.05) is 17.8 Å². The van der Waals surface area contributed by atoms with Gasteiger partial charge in [0.15, 0.2) is 0 Å². The molecule has 0 aliphatic carbocycles. The predicted molar refractivity (Wildman–Crippen MR) is 81.8 cm³/mol. The molecule has 1 atom stereocenters. The highest BCUT2D eigenvalue weighted by molar-refractivity contribution is 6.18. The van der Waals surface area contributed by atoms with Crippen LogP contribution in [0.5, 0.6) is 0 Å². The van der Waals surface area contributed by atoms with Crippen molar-refractivity contribution in [3.05, 3.63) is 54.1 Å². The third-order valence-corrected chi connectivity index (χ3v) is 3.32. The molecule has 0 aromatic heterocycles. The van der Waals surface area contributed by atoms with Gasteiger partial charge in [0.1, 0.15) is 0 Å². The van der Waals surface area contributed by atoms with E-state index in [2.05, 4.69) is 42.6 Å². The van der Waals surface area contributed by atoms with Crippen LogP contribution in [0.25, 0.3) is 11.1 Å². The van der Waals surface area contributed by atoms with Gasteiger partial charge in [-0.3, -0.25) is 0 Å². The molecule has 0 aliphatic rings. The second kappa shape index (κ2) is 6.60. The SMILES string of the molecule is Cc1cccc(-c2ccccc2NCC(O)CCl)c1. The number of benzene rings is 2. The summed E-state index contributed by atoms with van der Waals surface area (Å²) < 4.78 is 0. The Bertz CT molecular complexity index is 542. The van der Waals surface area contributed by atoms with Gasteiger partial charge in [0.25, 0.3) is 0 Å². The molecule has 2 N–H and O–H groups in total. The molecule has 0 spiro atoms. The topological polar surface area (TPSA) is 32.3 Å². The zero-order chi connectivity index (χ0) is 13.7. The number of para-hydroxylation sites is 1. The number of aliphatic hydroxyl groups excluding tert-OH is 1. The van der Waals surface area contributed by atoms with E-state index in [1.165, 1.54) is 11.1 Å². The minimum Gasteiger partial charge on any atom is -0.390 e. The standard InChI is InChI=1S/C16H18ClNO/c1-12-5-4-6-13(9-12)15-7-2-3-8-16(15)18-11-14(19)10-17/h2-9,14,18-19H,10-11H2,1H3. The lowest BCUT2D eigenvalue weighted by molar-refractivity contribution is 0.211. The summed E-state index contributed by atoms with van der Waals surface area (Å²) in [4.78, 5) is 0. The Kier molecular flexibility index (Phi) is 4.83. The molecule has 2 nitrogen and oxygen atoms in total. The molecule has 2 rings (SSSR count). The second-order valence-electron chi connectivity index (χ2n) is 4.60. The summed E-state index contributed by atoms with van der Waals surface area (Å²) in [7, 11) is 0. The highest BCUT2D eigenvalue weighted by Gasteiger charge is 2.06. The van der Waals surface area contributed by atoms with Crippen molar-refractivity contribution in [2.45, 2.75) is 13.0 Å². The molecule has 100 valence electrons. The number of anilines is 1. The molecule has 19 heavy (non-hydrogen) atoms. The zero-order valence-corrected chi connectivity index (χ0v) is 11.7. The Labute approximate surface area is 119 Å². The minimum atomic E-state index is -0.535. The molecule has 1 unspecified atom stereocenters. The van der Waals surface area contributed by atoms with Crippen LogP contribution in [-0.4, -0.2) is 23.6 Å². The molecule has 0 saturated carbocycles. The van der Waals surface area contributed by atoms with Gasteiger partial charge < -0.3 is 10.4 Å². The van der Waals surface area contributed by atoms with Crippen molar-refractivity contribution in [1.82, 2.24) is 0 Å². The summed E-state index contributed by atoms with van der Waals surface area (Å²) in [6.07, 6.45) is -0.535. The number of hydrogen-bond donors (Lipinski definition) is 2. The summed E-state index contributed by atoms with van der Waals surface area (Å²) in [5, 5.41) is 12.8. The van der Waals surface area contributed by atoms with Gasteiger partial charge in [-0.25, -0.2) is 0 Å². The lowest BCUT2D eigenvalue weighted by Crippen LogP contribution is -2.21. The van der Waals surface area contributed by atoms with Crippen molar-refractivity contribution in [2.75, 3.05) is 17.7 Å². The molecule has 0 fully saturated rings. The predicted octanol–water partition coefficient (Wildman–Crippen LogP) is 3.67. The van der Waals surface area contributed by atoms with E-state index in [9.17, 15) is 5.11 Å². The van der Waals surface area contributed by atoms with E-state index < -0.39 is 6.10 Å². The monoisotopic (exact) mass is 275 g/mol. The molecule has 0 saturated heterocycles. The van der Waals surface area contributed by atoms with E-state index in [1.807, 2.05) is 18.2 Å². The smallest absolute Gasteiger partial charge is 0.0847 e. The first-order valence-electron chi connectivity index (χ1n) is 6.34. The Morgan fingerprint density at radius 1 is 1.16 bits per heavy atom. The largest absolute Gasteiger partial charge is 0.390 e. The van der Waals surface area contributed by atoms with E-state index >= 15 is 0 Å². The van der Waals surface area contributed by atoms with E-state index in [1.54, 1.807) is 0 Å². The fraction of sp³-hybridized carbons (Fsp3) is 0.250. The Morgan fingerprint density at radius 3 is 2.68 bits per heavy atom. The lowest BCUT2D eigenvalue weighted by Gasteiger charge is -2.14. The van der Waals surface area contributed by atoms with E-state index in [0.717, 1.165) is 11.3 Å². The first-order chi connectivity index (χ1) is 9.20. The number of rotatable bonds is 5. The van der Waals surface area contributed by atoms with E-state index in [4.69, 9.17) is 11.6 Å². The van der Waals surface area contributed by atoms with Crippen molar-refractivity contribution >= 4 is 17.3 Å². The number of aliphatic hydroxyl groups is 1. The molecule has 2 aromatic rings. The fourth-order valence-electron chi connectivity index (χ4n) is 1.98. The van der Waals surface area contributed by atoms with Crippen molar-refractivity contribution in [3.63, 3.8) is 0 Å². The number of nitrogens with one attached hydrogen (secondary N) is 1. The molecule has 0 aliphatic heterocycles. The van der Waals surface area contributed by atoms with Crippen molar-refractivity contribution in [2.24, 2.45) is 0 Å². The quantitative estimate of drug-likeness (QED) is 0.816. The van der Waals surface area contributed by atoms with Crippen molar-refractivity contribution < 1.29 is 5.11 Å². The lowest BCUT2D eigenvalue weighted by atomic mass is 10.0. The van der Waals surface area contributed by atoms with Crippen LogP contribution in [-0.2, 0) is 0 Å². The normalized spacial score (nSPS) is 12.2. The van der Waals surface area contributed by atoms with Crippen LogP contribution < -0.4 is 5.32 Å². The third kappa shape index (κ3) is 3.72. The second-order valence-corrected chi connectivity index (χ2v) is 4.91. The van der Waals surface area contributed by atoms with Gasteiger partial charge >= 0.3 is 0 Å². The number of hydrogen-bond acceptors (Lipinski definition) is 2. The molecule has 0 amide bonds. The Balaban J connectivity index is 2.26. The zero-order valence-electron chi connectivity index (χ0n) is 10.9. The maximum atomic E-state index is 9.53. The maximum absolute atomic E-state index is 9.53. The number of aryl methyl sites for hydroxylation is 1. The summed E-state index contributed by atoms with van der Waals surface area (Å²) in [6.45, 7) is 2.53. The van der Waals surface area contributed by atoms with Gasteiger partial charge in [0.2, 0.25) is 0 Å².